The molecule has 0 radical (unpaired) electrons. The molecule has 1 saturated carbocycles. The van der Waals surface area contributed by atoms with E-state index in [0.717, 1.165) is 18.0 Å². The molecule has 1 aliphatic carbocycles. The second-order valence-corrected chi connectivity index (χ2v) is 8.51. The van der Waals surface area contributed by atoms with Crippen LogP contribution in [0.4, 0.5) is 0 Å². The first-order valence-corrected chi connectivity index (χ1v) is 9.40. The Morgan fingerprint density at radius 3 is 2.48 bits per heavy atom. The Morgan fingerprint density at radius 1 is 1.10 bits per heavy atom. The summed E-state index contributed by atoms with van der Waals surface area (Å²) in [4.78, 5) is 2.91. The minimum Gasteiger partial charge on any atom is -0.315 e. The van der Waals surface area contributed by atoms with Crippen LogP contribution in [0.3, 0.4) is 0 Å². The van der Waals surface area contributed by atoms with Gasteiger partial charge < -0.3 is 5.32 Å². The van der Waals surface area contributed by atoms with Gasteiger partial charge in [-0.3, -0.25) is 4.90 Å². The molecule has 2 heteroatoms. The number of rotatable bonds is 4. The molecule has 1 aliphatic heterocycles. The topological polar surface area (TPSA) is 15.3 Å². The molecule has 0 aromatic rings. The van der Waals surface area contributed by atoms with Gasteiger partial charge in [-0.05, 0) is 63.5 Å². The lowest BCUT2D eigenvalue weighted by Crippen LogP contribution is -2.57. The van der Waals surface area contributed by atoms with Crippen LogP contribution in [0, 0.1) is 11.3 Å². The maximum Gasteiger partial charge on any atom is 0.0254 e. The van der Waals surface area contributed by atoms with Crippen molar-refractivity contribution in [1.29, 1.82) is 0 Å². The number of piperidine rings is 1. The second-order valence-electron chi connectivity index (χ2n) is 8.51. The SMILES string of the molecule is CCCC1CCCCN1C1CC(C(C)(C)C)CCC1NC. The molecular weight excluding hydrogens is 256 g/mol. The van der Waals surface area contributed by atoms with Gasteiger partial charge in [0, 0.05) is 18.1 Å². The molecule has 1 N–H and O–H groups in total. The van der Waals surface area contributed by atoms with Crippen molar-refractivity contribution >= 4 is 0 Å². The van der Waals surface area contributed by atoms with E-state index >= 15 is 0 Å². The maximum absolute atomic E-state index is 3.64. The van der Waals surface area contributed by atoms with Crippen LogP contribution >= 0.6 is 0 Å². The molecule has 4 atom stereocenters. The lowest BCUT2D eigenvalue weighted by atomic mass is 9.69. The van der Waals surface area contributed by atoms with Crippen molar-refractivity contribution in [3.05, 3.63) is 0 Å². The van der Waals surface area contributed by atoms with E-state index in [1.807, 2.05) is 0 Å². The number of nitrogens with zero attached hydrogens (tertiary/aromatic N) is 1. The molecule has 0 aromatic heterocycles. The van der Waals surface area contributed by atoms with Gasteiger partial charge in [-0.25, -0.2) is 0 Å². The highest BCUT2D eigenvalue weighted by molar-refractivity contribution is 4.96. The first-order chi connectivity index (χ1) is 9.97. The van der Waals surface area contributed by atoms with Gasteiger partial charge in [0.05, 0.1) is 0 Å². The summed E-state index contributed by atoms with van der Waals surface area (Å²) in [6.07, 6.45) is 11.2. The smallest absolute Gasteiger partial charge is 0.0254 e. The average Bonchev–Trinajstić information content (AvgIpc) is 2.46. The van der Waals surface area contributed by atoms with Crippen molar-refractivity contribution in [2.75, 3.05) is 13.6 Å². The van der Waals surface area contributed by atoms with Crippen molar-refractivity contribution in [1.82, 2.24) is 10.2 Å². The average molecular weight is 295 g/mol. The molecule has 2 fully saturated rings. The molecule has 2 nitrogen and oxygen atoms in total. The maximum atomic E-state index is 3.64. The van der Waals surface area contributed by atoms with Crippen molar-refractivity contribution < 1.29 is 0 Å². The van der Waals surface area contributed by atoms with Crippen molar-refractivity contribution in [3.8, 4) is 0 Å². The van der Waals surface area contributed by atoms with E-state index in [0.29, 0.717) is 11.5 Å². The molecule has 0 spiro atoms. The number of hydrogen-bond donors (Lipinski definition) is 1. The Bertz CT molecular complexity index is 305. The number of likely N-dealkylation sites (tertiary alicyclic amines) is 1. The molecule has 124 valence electrons. The summed E-state index contributed by atoms with van der Waals surface area (Å²) in [7, 11) is 2.17. The van der Waals surface area contributed by atoms with E-state index in [1.54, 1.807) is 0 Å². The Labute approximate surface area is 133 Å². The molecule has 21 heavy (non-hydrogen) atoms. The third kappa shape index (κ3) is 4.22. The van der Waals surface area contributed by atoms with E-state index in [1.165, 1.54) is 57.9 Å². The van der Waals surface area contributed by atoms with E-state index in [4.69, 9.17) is 0 Å². The monoisotopic (exact) mass is 294 g/mol. The second kappa shape index (κ2) is 7.46. The molecule has 2 aliphatic rings. The fourth-order valence-electron chi connectivity index (χ4n) is 4.74. The van der Waals surface area contributed by atoms with Crippen molar-refractivity contribution in [2.45, 2.75) is 97.2 Å². The fourth-order valence-corrected chi connectivity index (χ4v) is 4.74. The zero-order chi connectivity index (χ0) is 15.5. The highest BCUT2D eigenvalue weighted by Crippen LogP contribution is 2.41. The Kier molecular flexibility index (Phi) is 6.14. The standard InChI is InChI=1S/C19H38N2/c1-6-9-16-10-7-8-13-21(16)18-14-15(19(2,3)4)11-12-17(18)20-5/h15-18,20H,6-14H2,1-5H3. The first-order valence-electron chi connectivity index (χ1n) is 9.40. The van der Waals surface area contributed by atoms with Crippen LogP contribution in [0.1, 0.15) is 79.1 Å². The number of nitrogens with one attached hydrogen (secondary N) is 1. The van der Waals surface area contributed by atoms with E-state index < -0.39 is 0 Å². The summed E-state index contributed by atoms with van der Waals surface area (Å²) < 4.78 is 0. The molecule has 1 saturated heterocycles. The summed E-state index contributed by atoms with van der Waals surface area (Å²) >= 11 is 0. The van der Waals surface area contributed by atoms with Gasteiger partial charge in [-0.15, -0.1) is 0 Å². The highest BCUT2D eigenvalue weighted by Gasteiger charge is 2.40. The summed E-state index contributed by atoms with van der Waals surface area (Å²) in [6.45, 7) is 11.0. The van der Waals surface area contributed by atoms with E-state index in [-0.39, 0.29) is 0 Å². The Balaban J connectivity index is 2.11. The third-order valence-electron chi connectivity index (χ3n) is 6.13. The minimum atomic E-state index is 0.465. The summed E-state index contributed by atoms with van der Waals surface area (Å²) in [5, 5.41) is 3.64. The molecule has 4 unspecified atom stereocenters. The summed E-state index contributed by atoms with van der Waals surface area (Å²) in [6, 6.07) is 2.33. The van der Waals surface area contributed by atoms with Gasteiger partial charge in [-0.2, -0.15) is 0 Å². The Hall–Kier alpha value is -0.0800. The first kappa shape index (κ1) is 17.3. The highest BCUT2D eigenvalue weighted by atomic mass is 15.2. The van der Waals surface area contributed by atoms with Gasteiger partial charge in [0.25, 0.3) is 0 Å². The van der Waals surface area contributed by atoms with Crippen molar-refractivity contribution in [3.63, 3.8) is 0 Å². The van der Waals surface area contributed by atoms with Crippen molar-refractivity contribution in [2.24, 2.45) is 11.3 Å². The van der Waals surface area contributed by atoms with Gasteiger partial charge in [0.15, 0.2) is 0 Å². The quantitative estimate of drug-likeness (QED) is 0.824. The van der Waals surface area contributed by atoms with Crippen LogP contribution in [-0.2, 0) is 0 Å². The van der Waals surface area contributed by atoms with Crippen LogP contribution in [0.2, 0.25) is 0 Å². The minimum absolute atomic E-state index is 0.465. The molecule has 0 aromatic carbocycles. The number of hydrogen-bond acceptors (Lipinski definition) is 2. The van der Waals surface area contributed by atoms with Gasteiger partial charge in [0.1, 0.15) is 0 Å². The normalized spacial score (nSPS) is 35.9. The molecule has 2 rings (SSSR count). The predicted octanol–water partition coefficient (Wildman–Crippen LogP) is 4.44. The molecule has 0 bridgehead atoms. The lowest BCUT2D eigenvalue weighted by Gasteiger charge is -2.50. The molecule has 0 amide bonds. The van der Waals surface area contributed by atoms with Gasteiger partial charge >= 0.3 is 0 Å². The third-order valence-corrected chi connectivity index (χ3v) is 6.13. The lowest BCUT2D eigenvalue weighted by molar-refractivity contribution is 0.0146. The van der Waals surface area contributed by atoms with Gasteiger partial charge in [0.2, 0.25) is 0 Å². The van der Waals surface area contributed by atoms with Crippen LogP contribution in [0.25, 0.3) is 0 Å². The predicted molar refractivity (Wildman–Crippen MR) is 92.7 cm³/mol. The van der Waals surface area contributed by atoms with E-state index in [2.05, 4.69) is 45.0 Å². The largest absolute Gasteiger partial charge is 0.315 e. The summed E-state index contributed by atoms with van der Waals surface area (Å²) in [5.74, 6) is 0.885. The van der Waals surface area contributed by atoms with Crippen LogP contribution in [-0.4, -0.2) is 36.6 Å². The summed E-state index contributed by atoms with van der Waals surface area (Å²) in [5.41, 5.74) is 0.465. The fraction of sp³-hybridized carbons (Fsp3) is 1.00. The van der Waals surface area contributed by atoms with Crippen LogP contribution < -0.4 is 5.32 Å². The zero-order valence-corrected chi connectivity index (χ0v) is 15.1. The number of likely N-dealkylation sites (N-methyl/N-ethyl adjacent to an activating group) is 1. The van der Waals surface area contributed by atoms with Crippen LogP contribution in [0.5, 0.6) is 0 Å². The molecule has 1 heterocycles. The zero-order valence-electron chi connectivity index (χ0n) is 15.1. The Morgan fingerprint density at radius 2 is 1.86 bits per heavy atom. The molecular formula is C19H38N2. The van der Waals surface area contributed by atoms with E-state index in [9.17, 15) is 0 Å². The van der Waals surface area contributed by atoms with Crippen LogP contribution in [0.15, 0.2) is 0 Å². The van der Waals surface area contributed by atoms with Gasteiger partial charge in [-0.1, -0.05) is 40.5 Å².